The highest BCUT2D eigenvalue weighted by molar-refractivity contribution is 5.75. The molecule has 180 valence electrons. The van der Waals surface area contributed by atoms with E-state index < -0.39 is 6.04 Å². The molecule has 0 saturated heterocycles. The summed E-state index contributed by atoms with van der Waals surface area (Å²) in [5, 5.41) is 3.32. The van der Waals surface area contributed by atoms with Crippen LogP contribution in [-0.4, -0.2) is 28.2 Å². The van der Waals surface area contributed by atoms with E-state index in [0.717, 1.165) is 16.9 Å². The van der Waals surface area contributed by atoms with Gasteiger partial charge in [-0.05, 0) is 53.8 Å². The average molecular weight is 470 g/mol. The van der Waals surface area contributed by atoms with Gasteiger partial charge in [0.1, 0.15) is 18.4 Å². The van der Waals surface area contributed by atoms with Crippen LogP contribution in [0.5, 0.6) is 5.75 Å². The lowest BCUT2D eigenvalue weighted by Crippen LogP contribution is -2.40. The summed E-state index contributed by atoms with van der Waals surface area (Å²) in [6.07, 6.45) is 5.22. The molecule has 0 bridgehead atoms. The Morgan fingerprint density at radius 3 is 2.66 bits per heavy atom. The molecule has 6 heteroatoms. The van der Waals surface area contributed by atoms with E-state index in [4.69, 9.17) is 9.47 Å². The zero-order valence-corrected chi connectivity index (χ0v) is 20.2. The van der Waals surface area contributed by atoms with E-state index in [-0.39, 0.29) is 5.97 Å². The Morgan fingerprint density at radius 2 is 1.89 bits per heavy atom. The third kappa shape index (κ3) is 6.58. The van der Waals surface area contributed by atoms with Crippen molar-refractivity contribution < 1.29 is 14.3 Å². The number of hydrogen-bond acceptors (Lipinski definition) is 5. The maximum Gasteiger partial charge on any atom is 0.324 e. The molecule has 4 rings (SSSR count). The van der Waals surface area contributed by atoms with Crippen molar-refractivity contribution in [1.82, 2.24) is 14.9 Å². The van der Waals surface area contributed by atoms with E-state index in [2.05, 4.69) is 59.7 Å². The molecule has 0 saturated carbocycles. The minimum Gasteiger partial charge on any atom is -0.489 e. The van der Waals surface area contributed by atoms with Crippen molar-refractivity contribution in [3.05, 3.63) is 108 Å². The van der Waals surface area contributed by atoms with Gasteiger partial charge in [0.05, 0.1) is 12.9 Å². The van der Waals surface area contributed by atoms with Crippen LogP contribution in [0.15, 0.2) is 91.5 Å². The smallest absolute Gasteiger partial charge is 0.324 e. The van der Waals surface area contributed by atoms with E-state index in [9.17, 15) is 4.79 Å². The van der Waals surface area contributed by atoms with Crippen molar-refractivity contribution in [1.29, 1.82) is 0 Å². The Morgan fingerprint density at radius 1 is 1.06 bits per heavy atom. The summed E-state index contributed by atoms with van der Waals surface area (Å²) in [4.78, 5) is 16.5. The summed E-state index contributed by atoms with van der Waals surface area (Å²) in [6.45, 7) is 5.73. The van der Waals surface area contributed by atoms with E-state index in [0.29, 0.717) is 26.3 Å². The van der Waals surface area contributed by atoms with Gasteiger partial charge in [0.15, 0.2) is 0 Å². The number of imidazole rings is 1. The Kier molecular flexibility index (Phi) is 8.30. The predicted octanol–water partition coefficient (Wildman–Crippen LogP) is 5.16. The second-order valence-corrected chi connectivity index (χ2v) is 8.34. The molecule has 0 aliphatic rings. The number of esters is 1. The van der Waals surface area contributed by atoms with Crippen LogP contribution >= 0.6 is 0 Å². The molecular formula is C29H31N3O3. The number of hydrogen-bond donors (Lipinski definition) is 1. The zero-order valence-electron chi connectivity index (χ0n) is 20.2. The molecule has 4 aromatic rings. The van der Waals surface area contributed by atoms with Crippen molar-refractivity contribution in [2.45, 2.75) is 39.6 Å². The van der Waals surface area contributed by atoms with Crippen molar-refractivity contribution in [2.24, 2.45) is 0 Å². The topological polar surface area (TPSA) is 65.4 Å². The lowest BCUT2D eigenvalue weighted by atomic mass is 9.97. The number of rotatable bonds is 11. The van der Waals surface area contributed by atoms with Crippen molar-refractivity contribution in [3.8, 4) is 16.9 Å². The van der Waals surface area contributed by atoms with Gasteiger partial charge in [-0.1, -0.05) is 60.7 Å². The minimum absolute atomic E-state index is 0.276. The Bertz CT molecular complexity index is 1220. The second kappa shape index (κ2) is 12.0. The first-order chi connectivity index (χ1) is 17.1. The van der Waals surface area contributed by atoms with Gasteiger partial charge in [0, 0.05) is 25.5 Å². The summed E-state index contributed by atoms with van der Waals surface area (Å²) < 4.78 is 13.3. The van der Waals surface area contributed by atoms with Gasteiger partial charge >= 0.3 is 5.97 Å². The lowest BCUT2D eigenvalue weighted by molar-refractivity contribution is -0.146. The fraction of sp³-hybridized carbons (Fsp3) is 0.241. The molecule has 6 nitrogen and oxygen atoms in total. The fourth-order valence-electron chi connectivity index (χ4n) is 3.99. The lowest BCUT2D eigenvalue weighted by Gasteiger charge is -2.18. The third-order valence-corrected chi connectivity index (χ3v) is 5.90. The number of ether oxygens (including phenoxy) is 2. The molecule has 3 aromatic carbocycles. The van der Waals surface area contributed by atoms with Crippen molar-refractivity contribution in [2.75, 3.05) is 6.61 Å². The predicted molar refractivity (Wildman–Crippen MR) is 137 cm³/mol. The summed E-state index contributed by atoms with van der Waals surface area (Å²) in [5.74, 6) is 0.512. The molecule has 0 spiro atoms. The summed E-state index contributed by atoms with van der Waals surface area (Å²) in [7, 11) is 0. The molecule has 35 heavy (non-hydrogen) atoms. The van der Waals surface area contributed by atoms with Gasteiger partial charge in [-0.2, -0.15) is 0 Å². The van der Waals surface area contributed by atoms with E-state index in [1.165, 1.54) is 16.7 Å². The largest absolute Gasteiger partial charge is 0.489 e. The quantitative estimate of drug-likeness (QED) is 0.308. The van der Waals surface area contributed by atoms with Gasteiger partial charge < -0.3 is 14.0 Å². The minimum atomic E-state index is -0.475. The number of nitrogens with zero attached hydrogens (tertiary/aromatic N) is 2. The normalized spacial score (nSPS) is 11.7. The SMILES string of the molecule is CCOC(=O)[C@@H](Cn1ccnc1)NCc1cccc(OCc2cccc(-c3ccccc3)c2C)c1. The monoisotopic (exact) mass is 469 g/mol. The average Bonchev–Trinajstić information content (AvgIpc) is 3.40. The molecule has 0 aliphatic carbocycles. The summed E-state index contributed by atoms with van der Waals surface area (Å²) in [6, 6.07) is 24.2. The third-order valence-electron chi connectivity index (χ3n) is 5.90. The number of nitrogens with one attached hydrogen (secondary N) is 1. The first-order valence-corrected chi connectivity index (χ1v) is 11.9. The zero-order chi connectivity index (χ0) is 24.5. The Hall–Kier alpha value is -3.90. The van der Waals surface area contributed by atoms with Crippen molar-refractivity contribution in [3.63, 3.8) is 0 Å². The fourth-order valence-corrected chi connectivity index (χ4v) is 3.99. The molecule has 1 heterocycles. The molecule has 1 aromatic heterocycles. The molecule has 1 atom stereocenters. The molecule has 0 unspecified atom stereocenters. The van der Waals surface area contributed by atoms with Gasteiger partial charge in [-0.25, -0.2) is 4.98 Å². The first kappa shape index (κ1) is 24.2. The van der Waals surface area contributed by atoms with Crippen LogP contribution in [0, 0.1) is 6.92 Å². The van der Waals surface area contributed by atoms with Crippen molar-refractivity contribution >= 4 is 5.97 Å². The molecular weight excluding hydrogens is 438 g/mol. The van der Waals surface area contributed by atoms with E-state index >= 15 is 0 Å². The van der Waals surface area contributed by atoms with Gasteiger partial charge in [-0.3, -0.25) is 10.1 Å². The molecule has 0 aliphatic heterocycles. The molecule has 1 N–H and O–H groups in total. The van der Waals surface area contributed by atoms with Crippen LogP contribution < -0.4 is 10.1 Å². The van der Waals surface area contributed by atoms with Crippen LogP contribution in [0.1, 0.15) is 23.6 Å². The highest BCUT2D eigenvalue weighted by Gasteiger charge is 2.20. The summed E-state index contributed by atoms with van der Waals surface area (Å²) in [5.41, 5.74) is 5.81. The highest BCUT2D eigenvalue weighted by Crippen LogP contribution is 2.26. The highest BCUT2D eigenvalue weighted by atomic mass is 16.5. The molecule has 0 radical (unpaired) electrons. The Balaban J connectivity index is 1.40. The number of carbonyl (C=O) groups is 1. The number of aromatic nitrogens is 2. The maximum absolute atomic E-state index is 12.4. The van der Waals surface area contributed by atoms with Gasteiger partial charge in [0.25, 0.3) is 0 Å². The van der Waals surface area contributed by atoms with E-state index in [1.54, 1.807) is 12.5 Å². The maximum atomic E-state index is 12.4. The molecule has 0 amide bonds. The van der Waals surface area contributed by atoms with Crippen LogP contribution in [-0.2, 0) is 29.2 Å². The summed E-state index contributed by atoms with van der Waals surface area (Å²) >= 11 is 0. The van der Waals surface area contributed by atoms with E-state index in [1.807, 2.05) is 48.0 Å². The second-order valence-electron chi connectivity index (χ2n) is 8.34. The van der Waals surface area contributed by atoms with Crippen LogP contribution in [0.25, 0.3) is 11.1 Å². The van der Waals surface area contributed by atoms with Crippen LogP contribution in [0.2, 0.25) is 0 Å². The Labute approximate surface area is 206 Å². The van der Waals surface area contributed by atoms with Crippen LogP contribution in [0.3, 0.4) is 0 Å². The van der Waals surface area contributed by atoms with Crippen LogP contribution in [0.4, 0.5) is 0 Å². The number of benzene rings is 3. The van der Waals surface area contributed by atoms with Gasteiger partial charge in [-0.15, -0.1) is 0 Å². The molecule has 0 fully saturated rings. The number of carbonyl (C=O) groups excluding carboxylic acids is 1. The van der Waals surface area contributed by atoms with Gasteiger partial charge in [0.2, 0.25) is 0 Å². The standard InChI is InChI=1S/C29H31N3O3/c1-3-34-29(33)28(19-32-16-15-30-21-32)31-18-23-9-7-13-26(17-23)35-20-25-12-8-14-27(22(25)2)24-10-5-4-6-11-24/h4-17,21,28,31H,3,18-20H2,1-2H3/t28-/m1/s1. The first-order valence-electron chi connectivity index (χ1n) is 11.9.